The first-order chi connectivity index (χ1) is 8.65. The molecule has 2 N–H and O–H groups in total. The van der Waals surface area contributed by atoms with Gasteiger partial charge in [0.05, 0.1) is 0 Å². The third-order valence-corrected chi connectivity index (χ3v) is 3.25. The summed E-state index contributed by atoms with van der Waals surface area (Å²) in [6, 6.07) is 11.1. The molecule has 2 heteroatoms. The van der Waals surface area contributed by atoms with E-state index in [-0.39, 0.29) is 5.75 Å². The third-order valence-electron chi connectivity index (χ3n) is 3.25. The minimum Gasteiger partial charge on any atom is -0.508 e. The molecule has 0 heterocycles. The third kappa shape index (κ3) is 2.33. The van der Waals surface area contributed by atoms with E-state index >= 15 is 0 Å². The maximum Gasteiger partial charge on any atom is 0.119 e. The van der Waals surface area contributed by atoms with Crippen molar-refractivity contribution < 1.29 is 10.2 Å². The van der Waals surface area contributed by atoms with E-state index in [1.54, 1.807) is 18.2 Å². The highest BCUT2D eigenvalue weighted by molar-refractivity contribution is 5.70. The molecule has 0 aliphatic heterocycles. The second-order valence-corrected chi connectivity index (χ2v) is 4.39. The number of rotatable bonds is 3. The van der Waals surface area contributed by atoms with Crippen LogP contribution in [0.25, 0.3) is 11.1 Å². The molecule has 18 heavy (non-hydrogen) atoms. The van der Waals surface area contributed by atoms with Crippen molar-refractivity contribution in [3.8, 4) is 22.6 Å². The summed E-state index contributed by atoms with van der Waals surface area (Å²) in [5.74, 6) is 0.571. The Labute approximate surface area is 108 Å². The summed E-state index contributed by atoms with van der Waals surface area (Å²) in [6.45, 7) is 4.09. The van der Waals surface area contributed by atoms with Crippen molar-refractivity contribution in [2.24, 2.45) is 0 Å². The molecule has 2 nitrogen and oxygen atoms in total. The lowest BCUT2D eigenvalue weighted by molar-refractivity contribution is 0.469. The highest BCUT2D eigenvalue weighted by Crippen LogP contribution is 2.31. The standard InChI is InChI=1S/C16H18O2/c1-3-11-7-8-14(17)10-15(11)13-6-5-12(4-2)16(18)9-13/h5-10,17-18H,3-4H2,1-2H3. The Hall–Kier alpha value is -1.96. The van der Waals surface area contributed by atoms with E-state index < -0.39 is 0 Å². The minimum atomic E-state index is 0.251. The molecule has 0 unspecified atom stereocenters. The number of benzene rings is 2. The molecule has 0 fully saturated rings. The number of phenolic OH excluding ortho intramolecular Hbond substituents is 2. The van der Waals surface area contributed by atoms with Gasteiger partial charge in [-0.1, -0.05) is 32.0 Å². The summed E-state index contributed by atoms with van der Waals surface area (Å²) in [6.07, 6.45) is 1.71. The monoisotopic (exact) mass is 242 g/mol. The highest BCUT2D eigenvalue weighted by atomic mass is 16.3. The molecule has 0 aliphatic carbocycles. The molecular weight excluding hydrogens is 224 g/mol. The lowest BCUT2D eigenvalue weighted by Gasteiger charge is -2.10. The van der Waals surface area contributed by atoms with E-state index in [2.05, 4.69) is 6.92 Å². The molecule has 94 valence electrons. The van der Waals surface area contributed by atoms with Gasteiger partial charge >= 0.3 is 0 Å². The molecule has 2 rings (SSSR count). The van der Waals surface area contributed by atoms with Crippen LogP contribution < -0.4 is 0 Å². The number of phenols is 2. The molecule has 0 aliphatic rings. The first-order valence-corrected chi connectivity index (χ1v) is 6.29. The van der Waals surface area contributed by atoms with Crippen molar-refractivity contribution in [3.05, 3.63) is 47.5 Å². The Morgan fingerprint density at radius 3 is 2.11 bits per heavy atom. The van der Waals surface area contributed by atoms with Gasteiger partial charge in [0.15, 0.2) is 0 Å². The van der Waals surface area contributed by atoms with Crippen molar-refractivity contribution >= 4 is 0 Å². The van der Waals surface area contributed by atoms with Crippen molar-refractivity contribution in [3.63, 3.8) is 0 Å². The van der Waals surface area contributed by atoms with Crippen LogP contribution in [-0.4, -0.2) is 10.2 Å². The predicted octanol–water partition coefficient (Wildman–Crippen LogP) is 3.89. The SMILES string of the molecule is CCc1ccc(-c2cc(O)ccc2CC)cc1O. The van der Waals surface area contributed by atoms with Crippen LogP contribution in [0.1, 0.15) is 25.0 Å². The minimum absolute atomic E-state index is 0.251. The van der Waals surface area contributed by atoms with Crippen LogP contribution in [0.5, 0.6) is 11.5 Å². The van der Waals surface area contributed by atoms with Gasteiger partial charge in [-0.05, 0) is 53.3 Å². The summed E-state index contributed by atoms with van der Waals surface area (Å²) in [4.78, 5) is 0. The fourth-order valence-corrected chi connectivity index (χ4v) is 2.17. The van der Waals surface area contributed by atoms with Crippen LogP contribution in [0.2, 0.25) is 0 Å². The van der Waals surface area contributed by atoms with Crippen LogP contribution in [0, 0.1) is 0 Å². The lowest BCUT2D eigenvalue weighted by Crippen LogP contribution is -1.89. The van der Waals surface area contributed by atoms with Crippen molar-refractivity contribution in [2.45, 2.75) is 26.7 Å². The summed E-state index contributed by atoms with van der Waals surface area (Å²) in [5.41, 5.74) is 4.03. The zero-order valence-electron chi connectivity index (χ0n) is 10.8. The van der Waals surface area contributed by atoms with Gasteiger partial charge in [0.1, 0.15) is 11.5 Å². The summed E-state index contributed by atoms with van der Waals surface area (Å²) >= 11 is 0. The second-order valence-electron chi connectivity index (χ2n) is 4.39. The molecule has 0 radical (unpaired) electrons. The molecule has 0 saturated carbocycles. The van der Waals surface area contributed by atoms with Crippen LogP contribution in [0.15, 0.2) is 36.4 Å². The fourth-order valence-electron chi connectivity index (χ4n) is 2.17. The molecule has 2 aromatic carbocycles. The van der Waals surface area contributed by atoms with Gasteiger partial charge in [0.2, 0.25) is 0 Å². The molecule has 0 atom stereocenters. The molecule has 0 aromatic heterocycles. The Morgan fingerprint density at radius 1 is 0.833 bits per heavy atom. The molecule has 0 bridgehead atoms. The molecule has 2 aromatic rings. The van der Waals surface area contributed by atoms with Crippen LogP contribution >= 0.6 is 0 Å². The number of hydrogen-bond donors (Lipinski definition) is 2. The van der Waals surface area contributed by atoms with Gasteiger partial charge in [0.25, 0.3) is 0 Å². The summed E-state index contributed by atoms with van der Waals surface area (Å²) < 4.78 is 0. The first-order valence-electron chi connectivity index (χ1n) is 6.29. The lowest BCUT2D eigenvalue weighted by atomic mass is 9.96. The van der Waals surface area contributed by atoms with Crippen LogP contribution in [0.3, 0.4) is 0 Å². The Morgan fingerprint density at radius 2 is 1.50 bits per heavy atom. The van der Waals surface area contributed by atoms with Crippen molar-refractivity contribution in [1.82, 2.24) is 0 Å². The topological polar surface area (TPSA) is 40.5 Å². The summed E-state index contributed by atoms with van der Waals surface area (Å²) in [7, 11) is 0. The van der Waals surface area contributed by atoms with Gasteiger partial charge in [-0.3, -0.25) is 0 Å². The predicted molar refractivity (Wildman–Crippen MR) is 74.0 cm³/mol. The number of hydrogen-bond acceptors (Lipinski definition) is 2. The molecular formula is C16H18O2. The Balaban J connectivity index is 2.54. The molecule has 0 amide bonds. The van der Waals surface area contributed by atoms with E-state index in [1.807, 2.05) is 25.1 Å². The Kier molecular flexibility index (Phi) is 3.56. The molecule has 0 spiro atoms. The fraction of sp³-hybridized carbons (Fsp3) is 0.250. The maximum atomic E-state index is 9.92. The van der Waals surface area contributed by atoms with Crippen LogP contribution in [0.4, 0.5) is 0 Å². The average Bonchev–Trinajstić information content (AvgIpc) is 2.38. The maximum absolute atomic E-state index is 9.92. The van der Waals surface area contributed by atoms with E-state index in [9.17, 15) is 10.2 Å². The number of aryl methyl sites for hydroxylation is 2. The summed E-state index contributed by atoms with van der Waals surface area (Å²) in [5, 5.41) is 19.5. The second kappa shape index (κ2) is 5.13. The van der Waals surface area contributed by atoms with Crippen molar-refractivity contribution in [2.75, 3.05) is 0 Å². The molecule has 0 saturated heterocycles. The first kappa shape index (κ1) is 12.5. The van der Waals surface area contributed by atoms with Gasteiger partial charge in [-0.2, -0.15) is 0 Å². The van der Waals surface area contributed by atoms with Gasteiger partial charge in [-0.25, -0.2) is 0 Å². The van der Waals surface area contributed by atoms with Crippen molar-refractivity contribution in [1.29, 1.82) is 0 Å². The average molecular weight is 242 g/mol. The highest BCUT2D eigenvalue weighted by Gasteiger charge is 2.07. The Bertz CT molecular complexity index is 559. The quantitative estimate of drug-likeness (QED) is 0.857. The normalized spacial score (nSPS) is 10.6. The zero-order chi connectivity index (χ0) is 13.1. The van der Waals surface area contributed by atoms with E-state index in [0.717, 1.165) is 35.1 Å². The van der Waals surface area contributed by atoms with Crippen LogP contribution in [-0.2, 0) is 12.8 Å². The zero-order valence-corrected chi connectivity index (χ0v) is 10.8. The van der Waals surface area contributed by atoms with E-state index in [4.69, 9.17) is 0 Å². The van der Waals surface area contributed by atoms with Gasteiger partial charge in [0, 0.05) is 0 Å². The van der Waals surface area contributed by atoms with E-state index in [1.165, 1.54) is 0 Å². The van der Waals surface area contributed by atoms with Gasteiger partial charge in [-0.15, -0.1) is 0 Å². The largest absolute Gasteiger partial charge is 0.508 e. The number of aromatic hydroxyl groups is 2. The smallest absolute Gasteiger partial charge is 0.119 e. The van der Waals surface area contributed by atoms with E-state index in [0.29, 0.717) is 5.75 Å². The van der Waals surface area contributed by atoms with Gasteiger partial charge < -0.3 is 10.2 Å².